The van der Waals surface area contributed by atoms with Crippen molar-refractivity contribution in [2.45, 2.75) is 9.79 Å². The van der Waals surface area contributed by atoms with Gasteiger partial charge in [0.2, 0.25) is 0 Å². The van der Waals surface area contributed by atoms with E-state index in [1.165, 1.54) is 0 Å². The fraction of sp³-hybridized carbons (Fsp3) is 0. The Bertz CT molecular complexity index is 329. The van der Waals surface area contributed by atoms with Gasteiger partial charge in [-0.25, -0.2) is 0 Å². The quantitative estimate of drug-likeness (QED) is 0.759. The maximum atomic E-state index is 3.86. The van der Waals surface area contributed by atoms with E-state index in [0.717, 1.165) is 9.79 Å². The van der Waals surface area contributed by atoms with Gasteiger partial charge in [0.25, 0.3) is 0 Å². The van der Waals surface area contributed by atoms with Crippen molar-refractivity contribution in [3.8, 4) is 0 Å². The molecule has 0 bridgehead atoms. The Morgan fingerprint density at radius 3 is 3.08 bits per heavy atom. The minimum atomic E-state index is 1.11. The zero-order chi connectivity index (χ0) is 8.23. The molecule has 1 radical (unpaired) electrons. The second-order valence-electron chi connectivity index (χ2n) is 2.26. The third-order valence-corrected chi connectivity index (χ3v) is 2.31. The maximum Gasteiger partial charge on any atom is 0.0627 e. The van der Waals surface area contributed by atoms with Gasteiger partial charge in [0.15, 0.2) is 0 Å². The predicted octanol–water partition coefficient (Wildman–Crippen LogP) is 2.36. The van der Waals surface area contributed by atoms with Gasteiger partial charge in [0, 0.05) is 16.0 Å². The van der Waals surface area contributed by atoms with E-state index in [1.807, 2.05) is 30.5 Å². The highest BCUT2D eigenvalue weighted by Crippen LogP contribution is 2.25. The third-order valence-electron chi connectivity index (χ3n) is 1.38. The van der Waals surface area contributed by atoms with Crippen molar-refractivity contribution in [3.05, 3.63) is 42.7 Å². The molecule has 1 aromatic carbocycles. The van der Waals surface area contributed by atoms with Crippen molar-refractivity contribution in [1.29, 1.82) is 0 Å². The molecule has 0 aliphatic heterocycles. The summed E-state index contributed by atoms with van der Waals surface area (Å²) in [4.78, 5) is 2.22. The smallest absolute Gasteiger partial charge is 0.0627 e. The SMILES string of the molecule is [c]1ccccc1Sc1cn[nH]c1. The van der Waals surface area contributed by atoms with E-state index in [9.17, 15) is 0 Å². The molecule has 0 atom stereocenters. The largest absolute Gasteiger partial charge is 0.285 e. The van der Waals surface area contributed by atoms with Crippen molar-refractivity contribution >= 4 is 11.8 Å². The van der Waals surface area contributed by atoms with E-state index in [-0.39, 0.29) is 0 Å². The summed E-state index contributed by atoms with van der Waals surface area (Å²) in [6.45, 7) is 0. The highest BCUT2D eigenvalue weighted by Gasteiger charge is 1.95. The van der Waals surface area contributed by atoms with Gasteiger partial charge >= 0.3 is 0 Å². The molecule has 1 heterocycles. The third kappa shape index (κ3) is 1.68. The van der Waals surface area contributed by atoms with Crippen LogP contribution < -0.4 is 0 Å². The number of aromatic amines is 1. The van der Waals surface area contributed by atoms with Crippen molar-refractivity contribution < 1.29 is 0 Å². The van der Waals surface area contributed by atoms with Crippen LogP contribution in [0.4, 0.5) is 0 Å². The van der Waals surface area contributed by atoms with Gasteiger partial charge in [-0.1, -0.05) is 30.0 Å². The molecule has 3 heteroatoms. The lowest BCUT2D eigenvalue weighted by molar-refractivity contribution is 1.09. The molecule has 0 saturated heterocycles. The van der Waals surface area contributed by atoms with Crippen LogP contribution in [0.1, 0.15) is 0 Å². The molecule has 1 aromatic heterocycles. The summed E-state index contributed by atoms with van der Waals surface area (Å²) in [6, 6.07) is 11.0. The van der Waals surface area contributed by atoms with Crippen LogP contribution in [0, 0.1) is 6.07 Å². The molecule has 0 unspecified atom stereocenters. The molecule has 2 nitrogen and oxygen atoms in total. The van der Waals surface area contributed by atoms with Gasteiger partial charge in [-0.15, -0.1) is 0 Å². The summed E-state index contributed by atoms with van der Waals surface area (Å²) in [5.74, 6) is 0. The number of nitrogens with zero attached hydrogens (tertiary/aromatic N) is 1. The summed E-state index contributed by atoms with van der Waals surface area (Å²) in [5, 5.41) is 6.62. The zero-order valence-corrected chi connectivity index (χ0v) is 7.14. The first-order valence-electron chi connectivity index (χ1n) is 3.58. The first kappa shape index (κ1) is 7.43. The standard InChI is InChI=1S/C9H7N2S/c1-2-4-8(5-3-1)12-9-6-10-11-7-9/h1-4,6-7H,(H,10,11). The molecule has 2 rings (SSSR count). The zero-order valence-electron chi connectivity index (χ0n) is 6.32. The van der Waals surface area contributed by atoms with Crippen LogP contribution in [0.15, 0.2) is 46.5 Å². The average molecular weight is 175 g/mol. The number of hydrogen-bond donors (Lipinski definition) is 1. The Morgan fingerprint density at radius 2 is 2.42 bits per heavy atom. The normalized spacial score (nSPS) is 10.0. The van der Waals surface area contributed by atoms with E-state index in [4.69, 9.17) is 0 Å². The Labute approximate surface area is 75.0 Å². The maximum absolute atomic E-state index is 3.86. The van der Waals surface area contributed by atoms with Gasteiger partial charge in [0.1, 0.15) is 0 Å². The Morgan fingerprint density at radius 1 is 1.42 bits per heavy atom. The molecule has 1 N–H and O–H groups in total. The van der Waals surface area contributed by atoms with Crippen LogP contribution in [0.3, 0.4) is 0 Å². The average Bonchev–Trinajstić information content (AvgIpc) is 2.59. The lowest BCUT2D eigenvalue weighted by atomic mass is 10.4. The Balaban J connectivity index is 2.15. The van der Waals surface area contributed by atoms with Crippen LogP contribution >= 0.6 is 11.8 Å². The fourth-order valence-electron chi connectivity index (χ4n) is 0.862. The second-order valence-corrected chi connectivity index (χ2v) is 3.38. The van der Waals surface area contributed by atoms with E-state index in [1.54, 1.807) is 18.0 Å². The predicted molar refractivity (Wildman–Crippen MR) is 48.0 cm³/mol. The van der Waals surface area contributed by atoms with Gasteiger partial charge in [0.05, 0.1) is 6.20 Å². The van der Waals surface area contributed by atoms with Crippen LogP contribution in [0.5, 0.6) is 0 Å². The Hall–Kier alpha value is -1.22. The summed E-state index contributed by atoms with van der Waals surface area (Å²) in [6.07, 6.45) is 3.66. The van der Waals surface area contributed by atoms with Gasteiger partial charge in [-0.05, 0) is 12.1 Å². The van der Waals surface area contributed by atoms with Crippen molar-refractivity contribution in [2.24, 2.45) is 0 Å². The molecule has 2 aromatic rings. The molecule has 0 aliphatic rings. The topological polar surface area (TPSA) is 28.7 Å². The minimum Gasteiger partial charge on any atom is -0.285 e. The molecule has 0 spiro atoms. The lowest BCUT2D eigenvalue weighted by Crippen LogP contribution is -1.68. The molecule has 0 aliphatic carbocycles. The molecule has 0 amide bonds. The van der Waals surface area contributed by atoms with Crippen molar-refractivity contribution in [3.63, 3.8) is 0 Å². The fourth-order valence-corrected chi connectivity index (χ4v) is 1.61. The number of hydrogen-bond acceptors (Lipinski definition) is 2. The number of rotatable bonds is 2. The second kappa shape index (κ2) is 3.45. The summed E-state index contributed by atoms with van der Waals surface area (Å²) >= 11 is 1.64. The summed E-state index contributed by atoms with van der Waals surface area (Å²) < 4.78 is 0. The number of H-pyrrole nitrogens is 1. The summed E-state index contributed by atoms with van der Waals surface area (Å²) in [5.41, 5.74) is 0. The molecule has 0 fully saturated rings. The number of nitrogens with one attached hydrogen (secondary N) is 1. The van der Waals surface area contributed by atoms with E-state index in [2.05, 4.69) is 16.3 Å². The Kier molecular flexibility index (Phi) is 2.14. The van der Waals surface area contributed by atoms with E-state index < -0.39 is 0 Å². The molecule has 0 saturated carbocycles. The van der Waals surface area contributed by atoms with Crippen molar-refractivity contribution in [1.82, 2.24) is 10.2 Å². The van der Waals surface area contributed by atoms with Crippen LogP contribution in [-0.4, -0.2) is 10.2 Å². The van der Waals surface area contributed by atoms with E-state index >= 15 is 0 Å². The monoisotopic (exact) mass is 175 g/mol. The van der Waals surface area contributed by atoms with Gasteiger partial charge < -0.3 is 0 Å². The highest BCUT2D eigenvalue weighted by atomic mass is 32.2. The first-order valence-corrected chi connectivity index (χ1v) is 4.40. The minimum absolute atomic E-state index is 1.11. The van der Waals surface area contributed by atoms with Crippen LogP contribution in [0.2, 0.25) is 0 Å². The molecule has 59 valence electrons. The van der Waals surface area contributed by atoms with Crippen molar-refractivity contribution in [2.75, 3.05) is 0 Å². The van der Waals surface area contributed by atoms with Crippen LogP contribution in [-0.2, 0) is 0 Å². The van der Waals surface area contributed by atoms with Gasteiger partial charge in [-0.2, -0.15) is 5.10 Å². The van der Waals surface area contributed by atoms with Crippen LogP contribution in [0.25, 0.3) is 0 Å². The molecular formula is C9H7N2S. The van der Waals surface area contributed by atoms with Gasteiger partial charge in [-0.3, -0.25) is 5.10 Å². The molecule has 12 heavy (non-hydrogen) atoms. The number of aromatic nitrogens is 2. The van der Waals surface area contributed by atoms with E-state index in [0.29, 0.717) is 0 Å². The highest BCUT2D eigenvalue weighted by molar-refractivity contribution is 7.99. The first-order chi connectivity index (χ1) is 5.95. The number of benzene rings is 1. The summed E-state index contributed by atoms with van der Waals surface area (Å²) in [7, 11) is 0. The lowest BCUT2D eigenvalue weighted by Gasteiger charge is -1.94. The molecular weight excluding hydrogens is 168 g/mol.